The molecule has 0 aliphatic heterocycles. The van der Waals surface area contributed by atoms with Gasteiger partial charge in [-0.2, -0.15) is 5.10 Å². The standard InChI is InChI=1S/C10H7BrN2O/c11-8-3-1-2-7(6-8)10(14)9-4-5-12-13-9/h1-6H,(H,12,13). The summed E-state index contributed by atoms with van der Waals surface area (Å²) < 4.78 is 0.892. The second-order valence-corrected chi connectivity index (χ2v) is 3.73. The number of nitrogens with zero attached hydrogens (tertiary/aromatic N) is 1. The minimum absolute atomic E-state index is 0.0520. The van der Waals surface area contributed by atoms with Crippen molar-refractivity contribution in [1.82, 2.24) is 10.2 Å². The van der Waals surface area contributed by atoms with Gasteiger partial charge in [0, 0.05) is 16.2 Å². The Hall–Kier alpha value is -1.42. The molecule has 0 saturated heterocycles. The number of H-pyrrole nitrogens is 1. The van der Waals surface area contributed by atoms with Crippen LogP contribution in [-0.4, -0.2) is 16.0 Å². The van der Waals surface area contributed by atoms with Crippen LogP contribution in [0.25, 0.3) is 0 Å². The molecule has 1 aromatic heterocycles. The quantitative estimate of drug-likeness (QED) is 0.833. The Labute approximate surface area is 89.3 Å². The van der Waals surface area contributed by atoms with Crippen LogP contribution in [0.1, 0.15) is 16.1 Å². The molecule has 70 valence electrons. The van der Waals surface area contributed by atoms with E-state index in [-0.39, 0.29) is 5.78 Å². The molecular formula is C10H7BrN2O. The molecule has 2 aromatic rings. The van der Waals surface area contributed by atoms with Gasteiger partial charge in [0.1, 0.15) is 5.69 Å². The number of halogens is 1. The molecule has 1 aromatic carbocycles. The number of ketones is 1. The maximum absolute atomic E-state index is 11.8. The van der Waals surface area contributed by atoms with Gasteiger partial charge < -0.3 is 0 Å². The number of nitrogens with one attached hydrogen (secondary N) is 1. The van der Waals surface area contributed by atoms with E-state index in [0.29, 0.717) is 11.3 Å². The van der Waals surface area contributed by atoms with Crippen LogP contribution in [0.4, 0.5) is 0 Å². The second-order valence-electron chi connectivity index (χ2n) is 2.81. The second kappa shape index (κ2) is 3.75. The van der Waals surface area contributed by atoms with Crippen molar-refractivity contribution in [3.8, 4) is 0 Å². The van der Waals surface area contributed by atoms with Crippen LogP contribution in [0.5, 0.6) is 0 Å². The molecule has 0 saturated carbocycles. The molecule has 0 aliphatic rings. The first-order valence-corrected chi connectivity index (χ1v) is 4.86. The molecule has 0 fully saturated rings. The summed E-state index contributed by atoms with van der Waals surface area (Å²) in [6.45, 7) is 0. The van der Waals surface area contributed by atoms with Gasteiger partial charge >= 0.3 is 0 Å². The minimum Gasteiger partial charge on any atom is -0.287 e. The monoisotopic (exact) mass is 250 g/mol. The maximum atomic E-state index is 11.8. The number of hydrogen-bond acceptors (Lipinski definition) is 2. The molecule has 4 heteroatoms. The number of rotatable bonds is 2. The van der Waals surface area contributed by atoms with Crippen LogP contribution >= 0.6 is 15.9 Å². The lowest BCUT2D eigenvalue weighted by Gasteiger charge is -1.97. The van der Waals surface area contributed by atoms with Crippen LogP contribution in [0, 0.1) is 0 Å². The van der Waals surface area contributed by atoms with Crippen LogP contribution < -0.4 is 0 Å². The van der Waals surface area contributed by atoms with Crippen LogP contribution in [0.3, 0.4) is 0 Å². The fourth-order valence-corrected chi connectivity index (χ4v) is 1.57. The normalized spacial score (nSPS) is 10.1. The van der Waals surface area contributed by atoms with Crippen molar-refractivity contribution >= 4 is 21.7 Å². The zero-order chi connectivity index (χ0) is 9.97. The highest BCUT2D eigenvalue weighted by Gasteiger charge is 2.09. The lowest BCUT2D eigenvalue weighted by molar-refractivity contribution is 0.103. The van der Waals surface area contributed by atoms with E-state index in [1.165, 1.54) is 0 Å². The largest absolute Gasteiger partial charge is 0.287 e. The van der Waals surface area contributed by atoms with E-state index in [1.54, 1.807) is 24.4 Å². The van der Waals surface area contributed by atoms with E-state index >= 15 is 0 Å². The van der Waals surface area contributed by atoms with Crippen LogP contribution in [-0.2, 0) is 0 Å². The van der Waals surface area contributed by atoms with Gasteiger partial charge in [0.05, 0.1) is 0 Å². The van der Waals surface area contributed by atoms with E-state index in [0.717, 1.165) is 4.47 Å². The van der Waals surface area contributed by atoms with Gasteiger partial charge in [-0.05, 0) is 18.2 Å². The fraction of sp³-hybridized carbons (Fsp3) is 0. The van der Waals surface area contributed by atoms with Gasteiger partial charge in [0.15, 0.2) is 0 Å². The number of carbonyl (C=O) groups excluding carboxylic acids is 1. The number of aromatic amines is 1. The molecule has 0 atom stereocenters. The average Bonchev–Trinajstić information content (AvgIpc) is 2.69. The Bertz CT molecular complexity index is 451. The topological polar surface area (TPSA) is 45.8 Å². The smallest absolute Gasteiger partial charge is 0.210 e. The van der Waals surface area contributed by atoms with Crippen molar-refractivity contribution in [3.63, 3.8) is 0 Å². The number of benzene rings is 1. The SMILES string of the molecule is O=C(c1cccc(Br)c1)c1ccn[nH]1. The number of carbonyl (C=O) groups is 1. The molecule has 2 rings (SSSR count). The van der Waals surface area contributed by atoms with Crippen molar-refractivity contribution in [2.75, 3.05) is 0 Å². The van der Waals surface area contributed by atoms with E-state index in [2.05, 4.69) is 26.1 Å². The van der Waals surface area contributed by atoms with Gasteiger partial charge in [-0.15, -0.1) is 0 Å². The maximum Gasteiger partial charge on any atom is 0.210 e. The van der Waals surface area contributed by atoms with Crippen LogP contribution in [0.15, 0.2) is 41.0 Å². The first-order valence-electron chi connectivity index (χ1n) is 4.07. The average molecular weight is 251 g/mol. The van der Waals surface area contributed by atoms with Crippen molar-refractivity contribution < 1.29 is 4.79 Å². The predicted molar refractivity (Wildman–Crippen MR) is 56.2 cm³/mol. The number of hydrogen-bond donors (Lipinski definition) is 1. The zero-order valence-corrected chi connectivity index (χ0v) is 8.78. The molecule has 0 spiro atoms. The molecule has 0 radical (unpaired) electrons. The summed E-state index contributed by atoms with van der Waals surface area (Å²) in [5, 5.41) is 6.37. The van der Waals surface area contributed by atoms with E-state index in [1.807, 2.05) is 12.1 Å². The van der Waals surface area contributed by atoms with Gasteiger partial charge in [-0.25, -0.2) is 0 Å². The molecule has 0 bridgehead atoms. The summed E-state index contributed by atoms with van der Waals surface area (Å²) in [6, 6.07) is 8.91. The van der Waals surface area contributed by atoms with Crippen molar-refractivity contribution in [2.45, 2.75) is 0 Å². The Morgan fingerprint density at radius 1 is 1.36 bits per heavy atom. The van der Waals surface area contributed by atoms with Gasteiger partial charge in [0.2, 0.25) is 5.78 Å². The molecule has 1 heterocycles. The zero-order valence-electron chi connectivity index (χ0n) is 7.20. The van der Waals surface area contributed by atoms with Gasteiger partial charge in [0.25, 0.3) is 0 Å². The molecule has 14 heavy (non-hydrogen) atoms. The Balaban J connectivity index is 2.37. The van der Waals surface area contributed by atoms with Gasteiger partial charge in [-0.3, -0.25) is 9.89 Å². The Kier molecular flexibility index (Phi) is 2.45. The highest BCUT2D eigenvalue weighted by Crippen LogP contribution is 2.14. The van der Waals surface area contributed by atoms with Crippen molar-refractivity contribution in [3.05, 3.63) is 52.3 Å². The molecular weight excluding hydrogens is 244 g/mol. The van der Waals surface area contributed by atoms with Gasteiger partial charge in [-0.1, -0.05) is 28.1 Å². The summed E-state index contributed by atoms with van der Waals surface area (Å²) >= 11 is 3.32. The number of aromatic nitrogens is 2. The predicted octanol–water partition coefficient (Wildman–Crippen LogP) is 2.40. The van der Waals surface area contributed by atoms with E-state index in [4.69, 9.17) is 0 Å². The third-order valence-electron chi connectivity index (χ3n) is 1.83. The Morgan fingerprint density at radius 2 is 2.21 bits per heavy atom. The summed E-state index contributed by atoms with van der Waals surface area (Å²) in [5.41, 5.74) is 1.15. The lowest BCUT2D eigenvalue weighted by atomic mass is 10.1. The third kappa shape index (κ3) is 1.75. The van der Waals surface area contributed by atoms with E-state index in [9.17, 15) is 4.79 Å². The molecule has 0 aliphatic carbocycles. The molecule has 1 N–H and O–H groups in total. The van der Waals surface area contributed by atoms with Crippen molar-refractivity contribution in [1.29, 1.82) is 0 Å². The lowest BCUT2D eigenvalue weighted by Crippen LogP contribution is -2.01. The first-order chi connectivity index (χ1) is 6.77. The summed E-state index contributed by atoms with van der Waals surface area (Å²) in [6.07, 6.45) is 1.56. The van der Waals surface area contributed by atoms with Crippen molar-refractivity contribution in [2.24, 2.45) is 0 Å². The Morgan fingerprint density at radius 3 is 2.86 bits per heavy atom. The molecule has 3 nitrogen and oxygen atoms in total. The molecule has 0 amide bonds. The van der Waals surface area contributed by atoms with E-state index < -0.39 is 0 Å². The summed E-state index contributed by atoms with van der Waals surface area (Å²) in [5.74, 6) is -0.0520. The summed E-state index contributed by atoms with van der Waals surface area (Å²) in [4.78, 5) is 11.8. The fourth-order valence-electron chi connectivity index (χ4n) is 1.17. The highest BCUT2D eigenvalue weighted by molar-refractivity contribution is 9.10. The summed E-state index contributed by atoms with van der Waals surface area (Å²) in [7, 11) is 0. The third-order valence-corrected chi connectivity index (χ3v) is 2.33. The first kappa shape index (κ1) is 9.15. The highest BCUT2D eigenvalue weighted by atomic mass is 79.9. The molecule has 0 unspecified atom stereocenters. The minimum atomic E-state index is -0.0520. The van der Waals surface area contributed by atoms with Crippen LogP contribution in [0.2, 0.25) is 0 Å².